The Bertz CT molecular complexity index is 953. The van der Waals surface area contributed by atoms with Gasteiger partial charge in [-0.15, -0.1) is 0 Å². The monoisotopic (exact) mass is 439 g/mol. The average Bonchev–Trinajstić information content (AvgIpc) is 2.79. The molecule has 0 saturated carbocycles. The number of esters is 1. The molecule has 1 aliphatic rings. The van der Waals surface area contributed by atoms with E-state index in [0.717, 1.165) is 17.5 Å². The van der Waals surface area contributed by atoms with Crippen molar-refractivity contribution in [2.24, 2.45) is 5.92 Å². The molecule has 2 aromatic carbocycles. The number of rotatable bonds is 6. The van der Waals surface area contributed by atoms with Crippen molar-refractivity contribution < 1.29 is 24.5 Å². The van der Waals surface area contributed by atoms with Gasteiger partial charge in [0.2, 0.25) is 5.91 Å². The van der Waals surface area contributed by atoms with Crippen LogP contribution in [0.5, 0.6) is 11.5 Å². The Morgan fingerprint density at radius 2 is 1.75 bits per heavy atom. The van der Waals surface area contributed by atoms with E-state index in [2.05, 4.69) is 26.0 Å². The molecule has 172 valence electrons. The largest absolute Gasteiger partial charge is 0.504 e. The summed E-state index contributed by atoms with van der Waals surface area (Å²) in [5.41, 5.74) is 3.00. The lowest BCUT2D eigenvalue weighted by Crippen LogP contribution is -2.51. The smallest absolute Gasteiger partial charge is 0.328 e. The highest BCUT2D eigenvalue weighted by atomic mass is 16.5. The topological polar surface area (TPSA) is 87.1 Å². The van der Waals surface area contributed by atoms with E-state index in [4.69, 9.17) is 4.74 Å². The minimum atomic E-state index is -0.690. The van der Waals surface area contributed by atoms with Crippen LogP contribution in [0.15, 0.2) is 42.5 Å². The molecule has 1 amide bonds. The summed E-state index contributed by atoms with van der Waals surface area (Å²) in [7, 11) is 1.33. The predicted octanol–water partition coefficient (Wildman–Crippen LogP) is 4.35. The summed E-state index contributed by atoms with van der Waals surface area (Å²) < 4.78 is 5.01. The second-order valence-electron chi connectivity index (χ2n) is 9.10. The molecule has 0 radical (unpaired) electrons. The molecule has 1 aliphatic heterocycles. The first-order valence-electron chi connectivity index (χ1n) is 11.2. The third-order valence-electron chi connectivity index (χ3n) is 6.32. The number of phenolic OH excluding ortho intramolecular Hbond substituents is 2. The van der Waals surface area contributed by atoms with E-state index in [1.54, 1.807) is 11.0 Å². The lowest BCUT2D eigenvalue weighted by Gasteiger charge is -2.39. The molecule has 0 bridgehead atoms. The van der Waals surface area contributed by atoms with Gasteiger partial charge in [0.25, 0.3) is 0 Å². The standard InChI is InChI=1S/C26H33NO5/c1-16(2)13-18-5-7-19(8-6-18)17(3)25(30)27-12-11-21(14-22(27)26(31)32-4)20-9-10-23(28)24(29)15-20/h5-10,15-17,21-22,28-29H,11-14H2,1-4H3/t17-,21?,22?/m0/s1. The molecule has 6 nitrogen and oxygen atoms in total. The number of nitrogens with zero attached hydrogens (tertiary/aromatic N) is 1. The average molecular weight is 440 g/mol. The molecule has 1 saturated heterocycles. The highest BCUT2D eigenvalue weighted by Crippen LogP contribution is 2.37. The second kappa shape index (κ2) is 10.1. The van der Waals surface area contributed by atoms with Crippen molar-refractivity contribution >= 4 is 11.9 Å². The van der Waals surface area contributed by atoms with Crippen LogP contribution in [-0.2, 0) is 20.7 Å². The van der Waals surface area contributed by atoms with Crippen molar-refractivity contribution in [1.82, 2.24) is 4.90 Å². The first-order valence-corrected chi connectivity index (χ1v) is 11.2. The number of ether oxygens (including phenoxy) is 1. The van der Waals surface area contributed by atoms with Gasteiger partial charge in [-0.05, 0) is 66.8 Å². The third-order valence-corrected chi connectivity index (χ3v) is 6.32. The van der Waals surface area contributed by atoms with Gasteiger partial charge in [-0.3, -0.25) is 4.79 Å². The number of carbonyl (C=O) groups excluding carboxylic acids is 2. The number of methoxy groups -OCH3 is 1. The summed E-state index contributed by atoms with van der Waals surface area (Å²) in [5.74, 6) is -0.735. The number of phenols is 2. The van der Waals surface area contributed by atoms with Crippen LogP contribution in [0.2, 0.25) is 0 Å². The van der Waals surface area contributed by atoms with Crippen molar-refractivity contribution in [3.8, 4) is 11.5 Å². The molecule has 3 rings (SSSR count). The van der Waals surface area contributed by atoms with E-state index in [1.165, 1.54) is 24.8 Å². The Morgan fingerprint density at radius 1 is 1.06 bits per heavy atom. The molecule has 0 aliphatic carbocycles. The maximum atomic E-state index is 13.4. The van der Waals surface area contributed by atoms with Crippen molar-refractivity contribution in [1.29, 1.82) is 0 Å². The number of piperidine rings is 1. The molecular weight excluding hydrogens is 406 g/mol. The molecule has 32 heavy (non-hydrogen) atoms. The van der Waals surface area contributed by atoms with Crippen molar-refractivity contribution in [2.75, 3.05) is 13.7 Å². The fourth-order valence-corrected chi connectivity index (χ4v) is 4.49. The molecule has 6 heteroatoms. The maximum Gasteiger partial charge on any atom is 0.328 e. The van der Waals surface area contributed by atoms with Crippen LogP contribution >= 0.6 is 0 Å². The zero-order chi connectivity index (χ0) is 23.4. The molecule has 0 aromatic heterocycles. The van der Waals surface area contributed by atoms with Crippen LogP contribution in [0.4, 0.5) is 0 Å². The summed E-state index contributed by atoms with van der Waals surface area (Å²) in [5, 5.41) is 19.4. The van der Waals surface area contributed by atoms with Gasteiger partial charge < -0.3 is 19.8 Å². The van der Waals surface area contributed by atoms with Gasteiger partial charge in [-0.1, -0.05) is 44.2 Å². The molecule has 3 atom stereocenters. The molecule has 1 heterocycles. The first kappa shape index (κ1) is 23.6. The van der Waals surface area contributed by atoms with Gasteiger partial charge in [0, 0.05) is 6.54 Å². The Morgan fingerprint density at radius 3 is 2.34 bits per heavy atom. The molecule has 2 unspecified atom stereocenters. The van der Waals surface area contributed by atoms with E-state index < -0.39 is 12.0 Å². The zero-order valence-corrected chi connectivity index (χ0v) is 19.2. The molecule has 2 aromatic rings. The minimum Gasteiger partial charge on any atom is -0.504 e. The fraction of sp³-hybridized carbons (Fsp3) is 0.462. The Labute approximate surface area is 189 Å². The van der Waals surface area contributed by atoms with E-state index in [0.29, 0.717) is 25.3 Å². The number of amides is 1. The van der Waals surface area contributed by atoms with Crippen molar-refractivity contribution in [3.05, 3.63) is 59.2 Å². The van der Waals surface area contributed by atoms with Gasteiger partial charge in [-0.2, -0.15) is 0 Å². The maximum absolute atomic E-state index is 13.4. The zero-order valence-electron chi connectivity index (χ0n) is 19.2. The minimum absolute atomic E-state index is 0.0275. The first-order chi connectivity index (χ1) is 15.2. The SMILES string of the molecule is COC(=O)C1CC(c2ccc(O)c(O)c2)CCN1C(=O)[C@@H](C)c1ccc(CC(C)C)cc1. The Hall–Kier alpha value is -3.02. The quantitative estimate of drug-likeness (QED) is 0.516. The summed E-state index contributed by atoms with van der Waals surface area (Å²) in [4.78, 5) is 27.6. The number of aromatic hydroxyl groups is 2. The van der Waals surface area contributed by atoms with Crippen LogP contribution in [0.3, 0.4) is 0 Å². The highest BCUT2D eigenvalue weighted by Gasteiger charge is 2.39. The van der Waals surface area contributed by atoms with Crippen LogP contribution in [0, 0.1) is 5.92 Å². The van der Waals surface area contributed by atoms with Crippen LogP contribution in [-0.4, -0.2) is 46.7 Å². The van der Waals surface area contributed by atoms with Gasteiger partial charge in [0.1, 0.15) is 6.04 Å². The summed E-state index contributed by atoms with van der Waals surface area (Å²) in [6.07, 6.45) is 2.06. The van der Waals surface area contributed by atoms with Gasteiger partial charge in [-0.25, -0.2) is 4.79 Å². The van der Waals surface area contributed by atoms with E-state index in [-0.39, 0.29) is 29.2 Å². The number of benzene rings is 2. The third kappa shape index (κ3) is 5.23. The number of likely N-dealkylation sites (tertiary alicyclic amines) is 1. The Balaban J connectivity index is 1.77. The van der Waals surface area contributed by atoms with Crippen molar-refractivity contribution in [3.63, 3.8) is 0 Å². The highest BCUT2D eigenvalue weighted by molar-refractivity contribution is 5.88. The lowest BCUT2D eigenvalue weighted by molar-refractivity contribution is -0.155. The number of carbonyl (C=O) groups is 2. The summed E-state index contributed by atoms with van der Waals surface area (Å²) >= 11 is 0. The van der Waals surface area contributed by atoms with Crippen LogP contribution in [0.25, 0.3) is 0 Å². The number of hydrogen-bond donors (Lipinski definition) is 2. The molecule has 2 N–H and O–H groups in total. The summed E-state index contributed by atoms with van der Waals surface area (Å²) in [6, 6.07) is 12.2. The fourth-order valence-electron chi connectivity index (χ4n) is 4.49. The van der Waals surface area contributed by atoms with Gasteiger partial charge in [0.05, 0.1) is 13.0 Å². The second-order valence-corrected chi connectivity index (χ2v) is 9.10. The normalized spacial score (nSPS) is 19.6. The van der Waals surface area contributed by atoms with E-state index in [9.17, 15) is 19.8 Å². The van der Waals surface area contributed by atoms with Crippen LogP contribution in [0.1, 0.15) is 62.1 Å². The molecule has 1 fully saturated rings. The predicted molar refractivity (Wildman–Crippen MR) is 123 cm³/mol. The molecular formula is C26H33NO5. The van der Waals surface area contributed by atoms with Gasteiger partial charge >= 0.3 is 5.97 Å². The van der Waals surface area contributed by atoms with Gasteiger partial charge in [0.15, 0.2) is 11.5 Å². The lowest BCUT2D eigenvalue weighted by atomic mass is 9.84. The van der Waals surface area contributed by atoms with E-state index in [1.807, 2.05) is 19.1 Å². The van der Waals surface area contributed by atoms with Crippen molar-refractivity contribution in [2.45, 2.75) is 57.9 Å². The van der Waals surface area contributed by atoms with E-state index >= 15 is 0 Å². The molecule has 0 spiro atoms. The summed E-state index contributed by atoms with van der Waals surface area (Å²) in [6.45, 7) is 6.64. The Kier molecular flexibility index (Phi) is 7.44. The number of hydrogen-bond acceptors (Lipinski definition) is 5. The van der Waals surface area contributed by atoms with Crippen LogP contribution < -0.4 is 0 Å².